The predicted octanol–water partition coefficient (Wildman–Crippen LogP) is 4.26. The molecule has 0 saturated heterocycles. The topological polar surface area (TPSA) is 51.2 Å². The van der Waals surface area contributed by atoms with Crippen molar-refractivity contribution in [1.82, 2.24) is 5.43 Å². The van der Waals surface area contributed by atoms with Crippen molar-refractivity contribution in [3.8, 4) is 0 Å². The first-order valence-electron chi connectivity index (χ1n) is 6.40. The minimum Gasteiger partial charge on any atom is -0.466 e. The van der Waals surface area contributed by atoms with Gasteiger partial charge in [-0.05, 0) is 50.5 Å². The molecular weight excluding hydrogens is 295 g/mol. The van der Waals surface area contributed by atoms with E-state index in [0.717, 1.165) is 28.2 Å². The molecule has 1 aromatic heterocycles. The van der Waals surface area contributed by atoms with Crippen molar-refractivity contribution in [1.29, 1.82) is 0 Å². The summed E-state index contributed by atoms with van der Waals surface area (Å²) < 4.78 is 5.67. The van der Waals surface area contributed by atoms with Crippen LogP contribution in [-0.4, -0.2) is 0 Å². The maximum atomic E-state index is 6.23. The molecule has 5 heteroatoms. The summed E-state index contributed by atoms with van der Waals surface area (Å²) in [6.45, 7) is 5.94. The smallest absolute Gasteiger partial charge is 0.106 e. The SMILES string of the molecule is Cc1oc(C)c(C(Cc2ccc(Cl)cc2Cl)NN)c1C. The Balaban J connectivity index is 2.33. The number of halogens is 2. The van der Waals surface area contributed by atoms with Crippen molar-refractivity contribution in [2.45, 2.75) is 33.2 Å². The van der Waals surface area contributed by atoms with E-state index in [0.29, 0.717) is 16.5 Å². The number of aryl methyl sites for hydroxylation is 2. The number of benzene rings is 1. The van der Waals surface area contributed by atoms with Gasteiger partial charge in [-0.1, -0.05) is 29.3 Å². The fraction of sp³-hybridized carbons (Fsp3) is 0.333. The molecule has 0 bridgehead atoms. The second-order valence-corrected chi connectivity index (χ2v) is 5.76. The fourth-order valence-corrected chi connectivity index (χ4v) is 2.96. The van der Waals surface area contributed by atoms with Crippen molar-refractivity contribution < 1.29 is 4.42 Å². The van der Waals surface area contributed by atoms with Crippen LogP contribution in [0.5, 0.6) is 0 Å². The van der Waals surface area contributed by atoms with E-state index in [9.17, 15) is 0 Å². The van der Waals surface area contributed by atoms with Gasteiger partial charge < -0.3 is 4.42 Å². The molecule has 20 heavy (non-hydrogen) atoms. The van der Waals surface area contributed by atoms with Gasteiger partial charge in [-0.3, -0.25) is 11.3 Å². The highest BCUT2D eigenvalue weighted by Crippen LogP contribution is 2.31. The summed E-state index contributed by atoms with van der Waals surface area (Å²) in [5.41, 5.74) is 6.06. The predicted molar refractivity (Wildman–Crippen MR) is 83.1 cm³/mol. The molecule has 0 fully saturated rings. The van der Waals surface area contributed by atoms with Crippen LogP contribution >= 0.6 is 23.2 Å². The van der Waals surface area contributed by atoms with Gasteiger partial charge in [0.2, 0.25) is 0 Å². The van der Waals surface area contributed by atoms with Gasteiger partial charge in [0.05, 0.1) is 6.04 Å². The molecular formula is C15H18Cl2N2O. The lowest BCUT2D eigenvalue weighted by Crippen LogP contribution is -2.30. The van der Waals surface area contributed by atoms with Crippen LogP contribution in [-0.2, 0) is 6.42 Å². The molecule has 0 aliphatic heterocycles. The van der Waals surface area contributed by atoms with Gasteiger partial charge in [0, 0.05) is 15.6 Å². The van der Waals surface area contributed by atoms with Gasteiger partial charge in [0.25, 0.3) is 0 Å². The Labute approximate surface area is 129 Å². The largest absolute Gasteiger partial charge is 0.466 e. The molecule has 2 aromatic rings. The van der Waals surface area contributed by atoms with Crippen molar-refractivity contribution in [3.63, 3.8) is 0 Å². The molecule has 0 saturated carbocycles. The number of rotatable bonds is 4. The number of nitrogens with two attached hydrogens (primary N) is 1. The van der Waals surface area contributed by atoms with Crippen molar-refractivity contribution in [2.75, 3.05) is 0 Å². The summed E-state index contributed by atoms with van der Waals surface area (Å²) in [5, 5.41) is 1.27. The zero-order valence-electron chi connectivity index (χ0n) is 11.8. The van der Waals surface area contributed by atoms with Crippen molar-refractivity contribution in [3.05, 3.63) is 56.5 Å². The molecule has 1 heterocycles. The first-order chi connectivity index (χ1) is 9.43. The van der Waals surface area contributed by atoms with Crippen LogP contribution in [0.2, 0.25) is 10.0 Å². The van der Waals surface area contributed by atoms with Gasteiger partial charge in [0.15, 0.2) is 0 Å². The molecule has 1 unspecified atom stereocenters. The van der Waals surface area contributed by atoms with E-state index in [-0.39, 0.29) is 6.04 Å². The number of hydrogen-bond donors (Lipinski definition) is 2. The molecule has 1 atom stereocenters. The van der Waals surface area contributed by atoms with Crippen LogP contribution in [0.15, 0.2) is 22.6 Å². The Kier molecular flexibility index (Phi) is 4.76. The van der Waals surface area contributed by atoms with Crippen LogP contribution in [0.3, 0.4) is 0 Å². The Morgan fingerprint density at radius 3 is 2.40 bits per heavy atom. The molecule has 0 aliphatic rings. The lowest BCUT2D eigenvalue weighted by molar-refractivity contribution is 0.484. The van der Waals surface area contributed by atoms with Crippen molar-refractivity contribution in [2.24, 2.45) is 5.84 Å². The first-order valence-corrected chi connectivity index (χ1v) is 7.16. The number of hydrazine groups is 1. The quantitative estimate of drug-likeness (QED) is 0.655. The maximum absolute atomic E-state index is 6.23. The second-order valence-electron chi connectivity index (χ2n) is 4.91. The second kappa shape index (κ2) is 6.19. The van der Waals surface area contributed by atoms with Crippen molar-refractivity contribution >= 4 is 23.2 Å². The third-order valence-electron chi connectivity index (χ3n) is 3.61. The molecule has 0 spiro atoms. The Bertz CT molecular complexity index is 623. The first kappa shape index (κ1) is 15.4. The van der Waals surface area contributed by atoms with Gasteiger partial charge >= 0.3 is 0 Å². The number of nitrogens with one attached hydrogen (secondary N) is 1. The molecule has 3 N–H and O–H groups in total. The zero-order valence-corrected chi connectivity index (χ0v) is 13.3. The Morgan fingerprint density at radius 1 is 1.20 bits per heavy atom. The molecule has 0 radical (unpaired) electrons. The molecule has 2 rings (SSSR count). The molecule has 0 amide bonds. The summed E-state index contributed by atoms with van der Waals surface area (Å²) in [7, 11) is 0. The number of furan rings is 1. The average molecular weight is 313 g/mol. The normalized spacial score (nSPS) is 12.7. The third-order valence-corrected chi connectivity index (χ3v) is 4.19. The Morgan fingerprint density at radius 2 is 1.90 bits per heavy atom. The van der Waals surface area contributed by atoms with Crippen LogP contribution in [0.1, 0.15) is 34.3 Å². The fourth-order valence-electron chi connectivity index (χ4n) is 2.47. The van der Waals surface area contributed by atoms with E-state index in [1.807, 2.05) is 32.9 Å². The third kappa shape index (κ3) is 3.01. The maximum Gasteiger partial charge on any atom is 0.106 e. The van der Waals surface area contributed by atoms with E-state index >= 15 is 0 Å². The standard InChI is InChI=1S/C15H18Cl2N2O/c1-8-9(2)20-10(3)15(8)14(19-18)6-11-4-5-12(16)7-13(11)17/h4-5,7,14,19H,6,18H2,1-3H3. The lowest BCUT2D eigenvalue weighted by atomic mass is 9.96. The Hall–Kier alpha value is -1.00. The van der Waals surface area contributed by atoms with Gasteiger partial charge in [-0.15, -0.1) is 0 Å². The monoisotopic (exact) mass is 312 g/mol. The lowest BCUT2D eigenvalue weighted by Gasteiger charge is -2.17. The van der Waals surface area contributed by atoms with E-state index in [1.165, 1.54) is 0 Å². The van der Waals surface area contributed by atoms with Crippen LogP contribution in [0, 0.1) is 20.8 Å². The summed E-state index contributed by atoms with van der Waals surface area (Å²) in [6, 6.07) is 5.45. The van der Waals surface area contributed by atoms with E-state index < -0.39 is 0 Å². The summed E-state index contributed by atoms with van der Waals surface area (Å²) in [4.78, 5) is 0. The molecule has 1 aromatic carbocycles. The molecule has 0 aliphatic carbocycles. The minimum atomic E-state index is -0.0499. The van der Waals surface area contributed by atoms with Gasteiger partial charge in [0.1, 0.15) is 11.5 Å². The number of hydrogen-bond acceptors (Lipinski definition) is 3. The zero-order chi connectivity index (χ0) is 14.9. The summed E-state index contributed by atoms with van der Waals surface area (Å²) in [6.07, 6.45) is 0.674. The van der Waals surface area contributed by atoms with E-state index in [2.05, 4.69) is 5.43 Å². The van der Waals surface area contributed by atoms with E-state index in [1.54, 1.807) is 6.07 Å². The minimum absolute atomic E-state index is 0.0499. The van der Waals surface area contributed by atoms with Gasteiger partial charge in [-0.2, -0.15) is 0 Å². The highest BCUT2D eigenvalue weighted by Gasteiger charge is 2.21. The molecule has 3 nitrogen and oxygen atoms in total. The van der Waals surface area contributed by atoms with Crippen LogP contribution in [0.4, 0.5) is 0 Å². The average Bonchev–Trinajstić information content (AvgIpc) is 2.63. The van der Waals surface area contributed by atoms with Gasteiger partial charge in [-0.25, -0.2) is 0 Å². The van der Waals surface area contributed by atoms with Crippen LogP contribution < -0.4 is 11.3 Å². The van der Waals surface area contributed by atoms with Crippen LogP contribution in [0.25, 0.3) is 0 Å². The highest BCUT2D eigenvalue weighted by molar-refractivity contribution is 6.35. The highest BCUT2D eigenvalue weighted by atomic mass is 35.5. The summed E-state index contributed by atoms with van der Waals surface area (Å²) >= 11 is 12.1. The molecule has 108 valence electrons. The van der Waals surface area contributed by atoms with E-state index in [4.69, 9.17) is 33.5 Å². The summed E-state index contributed by atoms with van der Waals surface area (Å²) in [5.74, 6) is 7.52.